The highest BCUT2D eigenvalue weighted by molar-refractivity contribution is 8.02. The normalized spacial score (nSPS) is 27.2. The molecule has 94 valence electrons. The van der Waals surface area contributed by atoms with E-state index in [9.17, 15) is 0 Å². The largest absolute Gasteiger partial charge is 0.376 e. The fraction of sp³-hybridized carbons (Fsp3) is 0.375. The van der Waals surface area contributed by atoms with Gasteiger partial charge in [0.2, 0.25) is 0 Å². The number of hydrogen-bond acceptors (Lipinski definition) is 2. The Morgan fingerprint density at radius 3 is 2.83 bits per heavy atom. The molecule has 1 nitrogen and oxygen atoms in total. The first-order valence-electron chi connectivity index (χ1n) is 6.46. The summed E-state index contributed by atoms with van der Waals surface area (Å²) < 4.78 is 5.71. The summed E-state index contributed by atoms with van der Waals surface area (Å²) >= 11 is 1.83. The van der Waals surface area contributed by atoms with E-state index in [0.717, 1.165) is 13.2 Å². The number of thioether (sulfide) groups is 1. The molecule has 2 heteroatoms. The van der Waals surface area contributed by atoms with Crippen LogP contribution in [0.4, 0.5) is 0 Å². The molecule has 0 bridgehead atoms. The van der Waals surface area contributed by atoms with E-state index in [1.54, 1.807) is 0 Å². The minimum absolute atomic E-state index is 0.546. The molecule has 0 saturated carbocycles. The number of hydrogen-bond donors (Lipinski definition) is 0. The average Bonchev–Trinajstić information content (AvgIpc) is 2.47. The van der Waals surface area contributed by atoms with Gasteiger partial charge in [0.25, 0.3) is 0 Å². The number of fused-ring (bicyclic) bond motifs is 1. The quantitative estimate of drug-likeness (QED) is 0.793. The van der Waals surface area contributed by atoms with Crippen molar-refractivity contribution >= 4 is 11.8 Å². The summed E-state index contributed by atoms with van der Waals surface area (Å²) in [4.78, 5) is 1.41. The van der Waals surface area contributed by atoms with Crippen LogP contribution in [0.2, 0.25) is 0 Å². The number of rotatable bonds is 2. The molecule has 0 fully saturated rings. The van der Waals surface area contributed by atoms with Gasteiger partial charge >= 0.3 is 0 Å². The predicted molar refractivity (Wildman–Crippen MR) is 77.8 cm³/mol. The molecular weight excluding hydrogens is 240 g/mol. The highest BCUT2D eigenvalue weighted by Gasteiger charge is 2.27. The lowest BCUT2D eigenvalue weighted by molar-refractivity contribution is 0.113. The molecule has 18 heavy (non-hydrogen) atoms. The lowest BCUT2D eigenvalue weighted by Crippen LogP contribution is -2.24. The fourth-order valence-electron chi connectivity index (χ4n) is 2.85. The van der Waals surface area contributed by atoms with E-state index in [4.69, 9.17) is 4.74 Å². The van der Waals surface area contributed by atoms with Gasteiger partial charge in [-0.2, -0.15) is 0 Å². The van der Waals surface area contributed by atoms with Crippen LogP contribution in [0.15, 0.2) is 53.0 Å². The van der Waals surface area contributed by atoms with Crippen LogP contribution in [0.25, 0.3) is 0 Å². The van der Waals surface area contributed by atoms with Gasteiger partial charge in [-0.3, -0.25) is 0 Å². The minimum Gasteiger partial charge on any atom is -0.376 e. The summed E-state index contributed by atoms with van der Waals surface area (Å²) in [5.41, 5.74) is 2.94. The zero-order valence-corrected chi connectivity index (χ0v) is 11.5. The van der Waals surface area contributed by atoms with Crippen molar-refractivity contribution in [1.29, 1.82) is 0 Å². The molecular formula is C16H18OS. The Labute approximate surface area is 113 Å². The van der Waals surface area contributed by atoms with E-state index < -0.39 is 0 Å². The molecule has 1 aromatic rings. The number of allylic oxidation sites excluding steroid dienone is 2. The third-order valence-corrected chi connectivity index (χ3v) is 4.68. The summed E-state index contributed by atoms with van der Waals surface area (Å²) in [5, 5.41) is 0. The summed E-state index contributed by atoms with van der Waals surface area (Å²) in [6.45, 7) is 1.68. The van der Waals surface area contributed by atoms with E-state index in [1.165, 1.54) is 22.5 Å². The van der Waals surface area contributed by atoms with Crippen LogP contribution >= 0.6 is 11.8 Å². The Morgan fingerprint density at radius 1 is 1.22 bits per heavy atom. The van der Waals surface area contributed by atoms with Crippen molar-refractivity contribution in [3.63, 3.8) is 0 Å². The van der Waals surface area contributed by atoms with Crippen LogP contribution in [-0.2, 0) is 4.74 Å². The third-order valence-electron chi connectivity index (χ3n) is 3.83. The zero-order valence-electron chi connectivity index (χ0n) is 10.6. The fourth-order valence-corrected chi connectivity index (χ4v) is 3.52. The maximum absolute atomic E-state index is 5.71. The number of benzene rings is 1. The third kappa shape index (κ3) is 2.27. The standard InChI is InChI=1S/C16H18OS/c1-18-16-11-17-10-14-9-13(7-8-15(14)16)12-5-3-2-4-6-12/h2-8,13-14H,9-11H2,1H3/t13-,14-/m1/s1. The summed E-state index contributed by atoms with van der Waals surface area (Å²) in [5.74, 6) is 1.13. The van der Waals surface area contributed by atoms with Crippen molar-refractivity contribution in [2.24, 2.45) is 5.92 Å². The smallest absolute Gasteiger partial charge is 0.0778 e. The second-order valence-electron chi connectivity index (χ2n) is 4.91. The Hall–Kier alpha value is -0.990. The van der Waals surface area contributed by atoms with Gasteiger partial charge in [0.05, 0.1) is 13.2 Å². The van der Waals surface area contributed by atoms with E-state index in [0.29, 0.717) is 11.8 Å². The molecule has 0 N–H and O–H groups in total. The van der Waals surface area contributed by atoms with Crippen LogP contribution in [-0.4, -0.2) is 19.5 Å². The lowest BCUT2D eigenvalue weighted by atomic mass is 9.79. The van der Waals surface area contributed by atoms with Gasteiger partial charge in [-0.15, -0.1) is 11.8 Å². The van der Waals surface area contributed by atoms with E-state index in [-0.39, 0.29) is 0 Å². The van der Waals surface area contributed by atoms with Gasteiger partial charge < -0.3 is 4.74 Å². The Bertz CT molecular complexity index is 475. The van der Waals surface area contributed by atoms with Crippen molar-refractivity contribution in [3.05, 3.63) is 58.5 Å². The molecule has 0 aromatic heterocycles. The van der Waals surface area contributed by atoms with E-state index in [1.807, 2.05) is 11.8 Å². The summed E-state index contributed by atoms with van der Waals surface area (Å²) in [6.07, 6.45) is 8.02. The predicted octanol–water partition coefficient (Wildman–Crippen LogP) is 3.99. The van der Waals surface area contributed by atoms with Crippen molar-refractivity contribution in [2.75, 3.05) is 19.5 Å². The van der Waals surface area contributed by atoms with Gasteiger partial charge in [-0.05, 0) is 23.8 Å². The first-order valence-corrected chi connectivity index (χ1v) is 7.69. The van der Waals surface area contributed by atoms with Gasteiger partial charge in [0.1, 0.15) is 0 Å². The Morgan fingerprint density at radius 2 is 2.06 bits per heavy atom. The molecule has 1 aromatic carbocycles. The van der Waals surface area contributed by atoms with Crippen molar-refractivity contribution in [1.82, 2.24) is 0 Å². The molecule has 0 radical (unpaired) electrons. The average molecular weight is 258 g/mol. The van der Waals surface area contributed by atoms with Crippen molar-refractivity contribution in [2.45, 2.75) is 12.3 Å². The molecule has 2 atom stereocenters. The first-order chi connectivity index (χ1) is 8.88. The molecule has 3 rings (SSSR count). The van der Waals surface area contributed by atoms with Crippen LogP contribution in [0.3, 0.4) is 0 Å². The lowest BCUT2D eigenvalue weighted by Gasteiger charge is -2.32. The molecule has 0 unspecified atom stereocenters. The minimum atomic E-state index is 0.546. The molecule has 2 aliphatic rings. The van der Waals surface area contributed by atoms with Crippen LogP contribution in [0.5, 0.6) is 0 Å². The molecule has 0 saturated heterocycles. The maximum Gasteiger partial charge on any atom is 0.0778 e. The van der Waals surface area contributed by atoms with Crippen LogP contribution in [0.1, 0.15) is 17.9 Å². The maximum atomic E-state index is 5.71. The highest BCUT2D eigenvalue weighted by atomic mass is 32.2. The van der Waals surface area contributed by atoms with Gasteiger partial charge in [0, 0.05) is 16.7 Å². The summed E-state index contributed by atoms with van der Waals surface area (Å²) in [7, 11) is 0. The second-order valence-corrected chi connectivity index (χ2v) is 5.81. The summed E-state index contributed by atoms with van der Waals surface area (Å²) in [6, 6.07) is 10.8. The molecule has 1 aliphatic heterocycles. The number of ether oxygens (including phenoxy) is 1. The van der Waals surface area contributed by atoms with Gasteiger partial charge in [-0.1, -0.05) is 42.5 Å². The van der Waals surface area contributed by atoms with Crippen LogP contribution in [0, 0.1) is 5.92 Å². The Balaban J connectivity index is 1.89. The monoisotopic (exact) mass is 258 g/mol. The van der Waals surface area contributed by atoms with Crippen molar-refractivity contribution < 1.29 is 4.74 Å². The molecule has 0 amide bonds. The zero-order chi connectivity index (χ0) is 12.4. The molecule has 1 heterocycles. The van der Waals surface area contributed by atoms with Crippen LogP contribution < -0.4 is 0 Å². The molecule has 0 spiro atoms. The van der Waals surface area contributed by atoms with E-state index >= 15 is 0 Å². The second kappa shape index (κ2) is 5.33. The first kappa shape index (κ1) is 12.1. The van der Waals surface area contributed by atoms with Gasteiger partial charge in [-0.25, -0.2) is 0 Å². The highest BCUT2D eigenvalue weighted by Crippen LogP contribution is 2.39. The Kier molecular flexibility index (Phi) is 3.57. The van der Waals surface area contributed by atoms with Gasteiger partial charge in [0.15, 0.2) is 0 Å². The topological polar surface area (TPSA) is 9.23 Å². The van der Waals surface area contributed by atoms with Crippen molar-refractivity contribution in [3.8, 4) is 0 Å². The SMILES string of the molecule is CSC1=C2C=C[C@@H](c3ccccc3)C[C@@H]2COC1. The van der Waals surface area contributed by atoms with E-state index in [2.05, 4.69) is 48.7 Å². The molecule has 1 aliphatic carbocycles.